The van der Waals surface area contributed by atoms with Gasteiger partial charge in [0, 0.05) is 17.0 Å². The zero-order valence-corrected chi connectivity index (χ0v) is 16.2. The molecule has 1 aliphatic heterocycles. The van der Waals surface area contributed by atoms with E-state index in [4.69, 9.17) is 11.6 Å². The minimum Gasteiger partial charge on any atom is -0.324 e. The van der Waals surface area contributed by atoms with Gasteiger partial charge in [-0.05, 0) is 35.2 Å². The van der Waals surface area contributed by atoms with Crippen LogP contribution in [0.4, 0.5) is 10.1 Å². The van der Waals surface area contributed by atoms with E-state index in [0.29, 0.717) is 18.0 Å². The van der Waals surface area contributed by atoms with Crippen LogP contribution in [0.5, 0.6) is 0 Å². The Balaban J connectivity index is 1.83. The van der Waals surface area contributed by atoms with Crippen molar-refractivity contribution in [2.45, 2.75) is 11.3 Å². The van der Waals surface area contributed by atoms with Gasteiger partial charge in [-0.2, -0.15) is 0 Å². The van der Waals surface area contributed by atoms with E-state index in [1.54, 1.807) is 6.08 Å². The Morgan fingerprint density at radius 2 is 1.96 bits per heavy atom. The van der Waals surface area contributed by atoms with Gasteiger partial charge in [0.05, 0.1) is 17.1 Å². The maximum absolute atomic E-state index is 13.5. The summed E-state index contributed by atoms with van der Waals surface area (Å²) in [5.41, 5.74) is 3.54. The summed E-state index contributed by atoms with van der Waals surface area (Å²) in [7, 11) is 0. The van der Waals surface area contributed by atoms with Gasteiger partial charge < -0.3 is 5.32 Å². The first-order valence-corrected chi connectivity index (χ1v) is 9.54. The van der Waals surface area contributed by atoms with Crippen LogP contribution in [0.3, 0.4) is 0 Å². The molecule has 2 aromatic carbocycles. The molecule has 138 valence electrons. The molecule has 0 spiro atoms. The predicted molar refractivity (Wildman–Crippen MR) is 114 cm³/mol. The SMILES string of the molecule is C=C/C=C(/CN=C1NSc2cccc(Cc3ccccc3Cl)c2N1)C(=C)F. The van der Waals surface area contributed by atoms with Crippen molar-refractivity contribution in [3.8, 4) is 0 Å². The second kappa shape index (κ2) is 8.93. The van der Waals surface area contributed by atoms with Crippen molar-refractivity contribution in [3.63, 3.8) is 0 Å². The van der Waals surface area contributed by atoms with Crippen LogP contribution >= 0.6 is 23.5 Å². The largest absolute Gasteiger partial charge is 0.324 e. The zero-order chi connectivity index (χ0) is 19.2. The van der Waals surface area contributed by atoms with Gasteiger partial charge in [0.25, 0.3) is 0 Å². The van der Waals surface area contributed by atoms with Crippen LogP contribution in [0.15, 0.2) is 89.1 Å². The number of anilines is 1. The number of rotatable bonds is 6. The van der Waals surface area contributed by atoms with Crippen LogP contribution in [0.25, 0.3) is 0 Å². The van der Waals surface area contributed by atoms with Crippen molar-refractivity contribution < 1.29 is 4.39 Å². The molecule has 0 aromatic heterocycles. The molecule has 0 atom stereocenters. The molecule has 1 heterocycles. The molecule has 1 aliphatic rings. The summed E-state index contributed by atoms with van der Waals surface area (Å²) in [5, 5.41) is 4.05. The molecule has 0 unspecified atom stereocenters. The number of nitrogens with one attached hydrogen (secondary N) is 2. The first-order chi connectivity index (χ1) is 13.1. The van der Waals surface area contributed by atoms with Gasteiger partial charge in [-0.3, -0.25) is 4.72 Å². The Morgan fingerprint density at radius 3 is 2.70 bits per heavy atom. The lowest BCUT2D eigenvalue weighted by Gasteiger charge is -2.23. The number of aliphatic imine (C=N–C) groups is 1. The van der Waals surface area contributed by atoms with Crippen LogP contribution in [-0.2, 0) is 6.42 Å². The number of allylic oxidation sites excluding steroid dienone is 2. The highest BCUT2D eigenvalue weighted by Crippen LogP contribution is 2.34. The minimum atomic E-state index is -0.512. The number of hydrogen-bond acceptors (Lipinski definition) is 2. The van der Waals surface area contributed by atoms with Crippen molar-refractivity contribution in [2.75, 3.05) is 11.9 Å². The monoisotopic (exact) mass is 399 g/mol. The third-order valence-corrected chi connectivity index (χ3v) is 5.25. The van der Waals surface area contributed by atoms with Gasteiger partial charge in [0.1, 0.15) is 5.83 Å². The topological polar surface area (TPSA) is 36.4 Å². The van der Waals surface area contributed by atoms with Crippen molar-refractivity contribution in [1.82, 2.24) is 4.72 Å². The molecule has 6 heteroatoms. The van der Waals surface area contributed by atoms with Crippen molar-refractivity contribution in [1.29, 1.82) is 0 Å². The molecule has 0 radical (unpaired) electrons. The molecule has 27 heavy (non-hydrogen) atoms. The molecule has 0 aliphatic carbocycles. The fraction of sp³-hybridized carbons (Fsp3) is 0.0952. The molecule has 0 amide bonds. The predicted octanol–water partition coefficient (Wildman–Crippen LogP) is 5.90. The fourth-order valence-electron chi connectivity index (χ4n) is 2.65. The molecule has 3 rings (SSSR count). The van der Waals surface area contributed by atoms with E-state index < -0.39 is 5.83 Å². The maximum atomic E-state index is 13.5. The number of benzene rings is 2. The third-order valence-electron chi connectivity index (χ3n) is 4.03. The molecule has 0 saturated heterocycles. The number of nitrogens with zero attached hydrogens (tertiary/aromatic N) is 1. The van der Waals surface area contributed by atoms with Crippen LogP contribution in [0.2, 0.25) is 5.02 Å². The highest BCUT2D eigenvalue weighted by atomic mass is 35.5. The Kier molecular flexibility index (Phi) is 6.37. The lowest BCUT2D eigenvalue weighted by atomic mass is 10.0. The molecule has 0 fully saturated rings. The van der Waals surface area contributed by atoms with Gasteiger partial charge in [-0.25, -0.2) is 9.38 Å². The summed E-state index contributed by atoms with van der Waals surface area (Å²) >= 11 is 7.78. The van der Waals surface area contributed by atoms with E-state index >= 15 is 0 Å². The van der Waals surface area contributed by atoms with E-state index in [-0.39, 0.29) is 6.54 Å². The zero-order valence-electron chi connectivity index (χ0n) is 14.6. The van der Waals surface area contributed by atoms with Gasteiger partial charge in [0.2, 0.25) is 5.96 Å². The van der Waals surface area contributed by atoms with E-state index in [2.05, 4.69) is 34.3 Å². The molecule has 2 N–H and O–H groups in total. The second-order valence-electron chi connectivity index (χ2n) is 5.88. The number of para-hydroxylation sites is 1. The summed E-state index contributed by atoms with van der Waals surface area (Å²) in [6.45, 7) is 7.09. The first-order valence-electron chi connectivity index (χ1n) is 8.34. The minimum absolute atomic E-state index is 0.166. The second-order valence-corrected chi connectivity index (χ2v) is 7.14. The lowest BCUT2D eigenvalue weighted by molar-refractivity contribution is 0.651. The molecule has 0 bridgehead atoms. The summed E-state index contributed by atoms with van der Waals surface area (Å²) in [6, 6.07) is 13.9. The Labute approximate surface area is 167 Å². The summed E-state index contributed by atoms with van der Waals surface area (Å²) in [4.78, 5) is 5.48. The van der Waals surface area contributed by atoms with E-state index in [9.17, 15) is 4.39 Å². The third kappa shape index (κ3) is 4.81. The molecule has 2 aromatic rings. The maximum Gasteiger partial charge on any atom is 0.206 e. The van der Waals surface area contributed by atoms with Gasteiger partial charge >= 0.3 is 0 Å². The Morgan fingerprint density at radius 1 is 1.19 bits per heavy atom. The Bertz CT molecular complexity index is 937. The summed E-state index contributed by atoms with van der Waals surface area (Å²) in [6.07, 6.45) is 3.79. The van der Waals surface area contributed by atoms with Crippen molar-refractivity contribution >= 4 is 35.2 Å². The molecular weight excluding hydrogens is 381 g/mol. The number of fused-ring (bicyclic) bond motifs is 1. The smallest absolute Gasteiger partial charge is 0.206 e. The summed E-state index contributed by atoms with van der Waals surface area (Å²) in [5.74, 6) is 0.0536. The number of hydrogen-bond donors (Lipinski definition) is 2. The number of guanidine groups is 1. The molecule has 0 saturated carbocycles. The van der Waals surface area contributed by atoms with Crippen molar-refractivity contribution in [2.24, 2.45) is 4.99 Å². The van der Waals surface area contributed by atoms with E-state index in [1.165, 1.54) is 18.0 Å². The van der Waals surface area contributed by atoms with E-state index in [0.717, 1.165) is 26.7 Å². The highest BCUT2D eigenvalue weighted by molar-refractivity contribution is 7.98. The normalized spacial score (nSPS) is 14.9. The highest BCUT2D eigenvalue weighted by Gasteiger charge is 2.18. The van der Waals surface area contributed by atoms with Crippen LogP contribution in [0, 0.1) is 0 Å². The van der Waals surface area contributed by atoms with Crippen LogP contribution in [-0.4, -0.2) is 12.5 Å². The number of halogens is 2. The van der Waals surface area contributed by atoms with Crippen LogP contribution in [0.1, 0.15) is 11.1 Å². The first kappa shape index (κ1) is 19.3. The quantitative estimate of drug-likeness (QED) is 0.468. The fourth-order valence-corrected chi connectivity index (χ4v) is 3.61. The summed E-state index contributed by atoms with van der Waals surface area (Å²) < 4.78 is 16.6. The molecule has 3 nitrogen and oxygen atoms in total. The van der Waals surface area contributed by atoms with Gasteiger partial charge in [0.15, 0.2) is 0 Å². The Hall–Kier alpha value is -2.50. The molecular formula is C21H19ClFN3S. The van der Waals surface area contributed by atoms with Crippen molar-refractivity contribution in [3.05, 3.63) is 95.3 Å². The van der Waals surface area contributed by atoms with Crippen LogP contribution < -0.4 is 10.0 Å². The van der Waals surface area contributed by atoms with E-state index in [1.807, 2.05) is 36.4 Å². The average Bonchev–Trinajstić information content (AvgIpc) is 2.67. The van der Waals surface area contributed by atoms with Gasteiger partial charge in [-0.1, -0.05) is 67.2 Å². The van der Waals surface area contributed by atoms with Gasteiger partial charge in [-0.15, -0.1) is 0 Å². The average molecular weight is 400 g/mol. The standard InChI is InChI=1S/C21H19ClFN3S/c1-3-7-17(14(2)23)13-24-21-25-20-16(9-6-11-19(20)27-26-21)12-15-8-4-5-10-18(15)22/h3-11H,1-2,12-13H2,(H2,24,25,26)/b17-7-. The lowest BCUT2D eigenvalue weighted by Crippen LogP contribution is -2.30.